The molecular formula is C25H30ClF2N3O. The molecule has 0 saturated carbocycles. The van der Waals surface area contributed by atoms with Crippen molar-refractivity contribution in [1.29, 1.82) is 0 Å². The highest BCUT2D eigenvalue weighted by Crippen LogP contribution is 2.32. The molecule has 2 heterocycles. The number of hydrogen-bond acceptors (Lipinski definition) is 2. The van der Waals surface area contributed by atoms with Crippen molar-refractivity contribution in [2.75, 3.05) is 19.8 Å². The molecule has 2 N–H and O–H groups in total. The summed E-state index contributed by atoms with van der Waals surface area (Å²) in [5.41, 5.74) is 10.1. The number of para-hydroxylation sites is 1. The van der Waals surface area contributed by atoms with Crippen LogP contribution in [-0.4, -0.2) is 35.1 Å². The standard InChI is InChI=1S/C25H29F2N3O.ClH/c1-17-4-2-5-20-22(16-30(24(17)20)11-3-10-26)25(31)29-12-8-19(9-13-29)21-14-18(15-28)6-7-23(21)27;/h2,4-7,14,16,19H,3,8-13,15,28H2,1H3;1H. The average molecular weight is 462 g/mol. The number of benzene rings is 2. The van der Waals surface area contributed by atoms with E-state index in [1.54, 1.807) is 6.07 Å². The van der Waals surface area contributed by atoms with Crippen molar-refractivity contribution in [3.8, 4) is 0 Å². The molecule has 4 nitrogen and oxygen atoms in total. The van der Waals surface area contributed by atoms with Gasteiger partial charge in [-0.3, -0.25) is 9.18 Å². The lowest BCUT2D eigenvalue weighted by molar-refractivity contribution is 0.0714. The monoisotopic (exact) mass is 461 g/mol. The Morgan fingerprint density at radius 2 is 1.94 bits per heavy atom. The number of nitrogens with two attached hydrogens (primary N) is 1. The van der Waals surface area contributed by atoms with Crippen molar-refractivity contribution >= 4 is 29.2 Å². The molecule has 2 aromatic carbocycles. The quantitative estimate of drug-likeness (QED) is 0.538. The van der Waals surface area contributed by atoms with Gasteiger partial charge in [-0.2, -0.15) is 0 Å². The Morgan fingerprint density at radius 1 is 1.19 bits per heavy atom. The van der Waals surface area contributed by atoms with E-state index in [9.17, 15) is 13.6 Å². The third-order valence-corrected chi connectivity index (χ3v) is 6.38. The molecule has 172 valence electrons. The topological polar surface area (TPSA) is 51.3 Å². The number of carbonyl (C=O) groups is 1. The lowest BCUT2D eigenvalue weighted by Crippen LogP contribution is -2.38. The number of hydrogen-bond donors (Lipinski definition) is 1. The predicted octanol–water partition coefficient (Wildman–Crippen LogP) is 5.35. The summed E-state index contributed by atoms with van der Waals surface area (Å²) in [5.74, 6) is -0.124. The van der Waals surface area contributed by atoms with Crippen LogP contribution in [0.4, 0.5) is 8.78 Å². The molecule has 3 aromatic rings. The Hall–Kier alpha value is -2.44. The number of nitrogens with zero attached hydrogens (tertiary/aromatic N) is 2. The minimum absolute atomic E-state index is 0. The fourth-order valence-corrected chi connectivity index (χ4v) is 4.72. The van der Waals surface area contributed by atoms with Crippen LogP contribution in [-0.2, 0) is 13.1 Å². The number of amides is 1. The van der Waals surface area contributed by atoms with E-state index in [0.29, 0.717) is 43.7 Å². The van der Waals surface area contributed by atoms with Crippen LogP contribution in [0.15, 0.2) is 42.6 Å². The highest BCUT2D eigenvalue weighted by molar-refractivity contribution is 6.07. The second-order valence-electron chi connectivity index (χ2n) is 8.38. The van der Waals surface area contributed by atoms with E-state index < -0.39 is 0 Å². The third kappa shape index (κ3) is 4.66. The van der Waals surface area contributed by atoms with Gasteiger partial charge in [-0.05, 0) is 54.9 Å². The Balaban J connectivity index is 0.00000289. The number of aryl methyl sites for hydroxylation is 2. The Morgan fingerprint density at radius 3 is 2.62 bits per heavy atom. The molecule has 1 saturated heterocycles. The summed E-state index contributed by atoms with van der Waals surface area (Å²) in [4.78, 5) is 15.2. The smallest absolute Gasteiger partial charge is 0.256 e. The summed E-state index contributed by atoms with van der Waals surface area (Å²) in [6.07, 6.45) is 3.73. The minimum Gasteiger partial charge on any atom is -0.346 e. The van der Waals surface area contributed by atoms with Crippen LogP contribution in [0.5, 0.6) is 0 Å². The maximum atomic E-state index is 14.4. The van der Waals surface area contributed by atoms with E-state index >= 15 is 0 Å². The molecule has 1 amide bonds. The second-order valence-corrected chi connectivity index (χ2v) is 8.38. The number of likely N-dealkylation sites (tertiary alicyclic amines) is 1. The lowest BCUT2D eigenvalue weighted by atomic mass is 9.88. The second kappa shape index (κ2) is 10.5. The molecule has 32 heavy (non-hydrogen) atoms. The van der Waals surface area contributed by atoms with Gasteiger partial charge < -0.3 is 15.2 Å². The van der Waals surface area contributed by atoms with Crippen LogP contribution in [0.2, 0.25) is 0 Å². The first-order valence-electron chi connectivity index (χ1n) is 11.0. The Labute approximate surface area is 193 Å². The molecular weight excluding hydrogens is 432 g/mol. The number of fused-ring (bicyclic) bond motifs is 1. The predicted molar refractivity (Wildman–Crippen MR) is 127 cm³/mol. The summed E-state index contributed by atoms with van der Waals surface area (Å²) in [6, 6.07) is 11.0. The third-order valence-electron chi connectivity index (χ3n) is 6.38. The van der Waals surface area contributed by atoms with Crippen LogP contribution in [0.25, 0.3) is 10.9 Å². The average Bonchev–Trinajstić information content (AvgIpc) is 3.17. The van der Waals surface area contributed by atoms with Gasteiger partial charge in [0.05, 0.1) is 17.8 Å². The highest BCUT2D eigenvalue weighted by atomic mass is 35.5. The number of alkyl halides is 1. The number of halogens is 3. The number of carbonyl (C=O) groups excluding carboxylic acids is 1. The van der Waals surface area contributed by atoms with E-state index in [2.05, 4.69) is 0 Å². The Kier molecular flexibility index (Phi) is 7.91. The minimum atomic E-state index is -0.385. The van der Waals surface area contributed by atoms with Gasteiger partial charge in [0.1, 0.15) is 5.82 Å². The molecule has 0 aliphatic carbocycles. The zero-order chi connectivity index (χ0) is 22.0. The van der Waals surface area contributed by atoms with E-state index in [1.807, 2.05) is 46.9 Å². The summed E-state index contributed by atoms with van der Waals surface area (Å²) >= 11 is 0. The van der Waals surface area contributed by atoms with Crippen LogP contribution in [0.3, 0.4) is 0 Å². The molecule has 1 aliphatic rings. The molecule has 0 spiro atoms. The van der Waals surface area contributed by atoms with Gasteiger partial charge in [-0.25, -0.2) is 4.39 Å². The Bertz CT molecular complexity index is 1090. The van der Waals surface area contributed by atoms with Crippen molar-refractivity contribution in [2.45, 2.75) is 45.2 Å². The molecule has 4 rings (SSSR count). The van der Waals surface area contributed by atoms with Crippen LogP contribution in [0.1, 0.15) is 52.2 Å². The largest absolute Gasteiger partial charge is 0.346 e. The molecule has 1 aromatic heterocycles. The summed E-state index contributed by atoms with van der Waals surface area (Å²) in [5, 5.41) is 0.910. The SMILES string of the molecule is Cc1cccc2c(C(=O)N3CCC(c4cc(CN)ccc4F)CC3)cn(CCCF)c12.Cl. The first kappa shape index (κ1) is 24.2. The van der Waals surface area contributed by atoms with E-state index in [1.165, 1.54) is 6.07 Å². The van der Waals surface area contributed by atoms with E-state index in [4.69, 9.17) is 5.73 Å². The summed E-state index contributed by atoms with van der Waals surface area (Å²) < 4.78 is 29.1. The van der Waals surface area contributed by atoms with E-state index in [-0.39, 0.29) is 36.7 Å². The van der Waals surface area contributed by atoms with Gasteiger partial charge >= 0.3 is 0 Å². The molecule has 0 radical (unpaired) electrons. The summed E-state index contributed by atoms with van der Waals surface area (Å²) in [6.45, 7) is 3.72. The van der Waals surface area contributed by atoms with Gasteiger partial charge in [0.15, 0.2) is 0 Å². The normalized spacial score (nSPS) is 14.6. The molecule has 0 bridgehead atoms. The number of piperidine rings is 1. The first-order valence-corrected chi connectivity index (χ1v) is 11.0. The van der Waals surface area contributed by atoms with Crippen LogP contribution in [0, 0.1) is 12.7 Å². The summed E-state index contributed by atoms with van der Waals surface area (Å²) in [7, 11) is 0. The molecule has 7 heteroatoms. The van der Waals surface area contributed by atoms with Gasteiger partial charge in [-0.15, -0.1) is 12.4 Å². The van der Waals surface area contributed by atoms with Crippen LogP contribution < -0.4 is 5.73 Å². The zero-order valence-corrected chi connectivity index (χ0v) is 19.1. The number of rotatable bonds is 6. The first-order chi connectivity index (χ1) is 15.0. The van der Waals surface area contributed by atoms with Gasteiger partial charge in [-0.1, -0.05) is 30.3 Å². The van der Waals surface area contributed by atoms with Crippen LogP contribution >= 0.6 is 12.4 Å². The molecule has 0 unspecified atom stereocenters. The van der Waals surface area contributed by atoms with Crippen molar-refractivity contribution in [2.24, 2.45) is 5.73 Å². The molecule has 1 fully saturated rings. The highest BCUT2D eigenvalue weighted by Gasteiger charge is 2.28. The van der Waals surface area contributed by atoms with Gasteiger partial charge in [0, 0.05) is 37.8 Å². The fraction of sp³-hybridized carbons (Fsp3) is 0.400. The van der Waals surface area contributed by atoms with E-state index in [0.717, 1.165) is 34.9 Å². The zero-order valence-electron chi connectivity index (χ0n) is 18.3. The molecule has 1 aliphatic heterocycles. The lowest BCUT2D eigenvalue weighted by Gasteiger charge is -2.32. The maximum Gasteiger partial charge on any atom is 0.256 e. The van der Waals surface area contributed by atoms with Crippen molar-refractivity contribution in [3.63, 3.8) is 0 Å². The van der Waals surface area contributed by atoms with Gasteiger partial charge in [0.2, 0.25) is 0 Å². The number of aromatic nitrogens is 1. The maximum absolute atomic E-state index is 14.4. The van der Waals surface area contributed by atoms with Crippen molar-refractivity contribution in [1.82, 2.24) is 9.47 Å². The van der Waals surface area contributed by atoms with Gasteiger partial charge in [0.25, 0.3) is 5.91 Å². The van der Waals surface area contributed by atoms with Crippen molar-refractivity contribution < 1.29 is 13.6 Å². The van der Waals surface area contributed by atoms with Crippen molar-refractivity contribution in [3.05, 3.63) is 70.7 Å². The molecule has 0 atom stereocenters. The fourth-order valence-electron chi connectivity index (χ4n) is 4.72.